The third kappa shape index (κ3) is 2.90. The molecule has 1 saturated carbocycles. The van der Waals surface area contributed by atoms with Crippen LogP contribution in [0, 0.1) is 5.92 Å². The van der Waals surface area contributed by atoms with Crippen LogP contribution in [0.4, 0.5) is 0 Å². The Labute approximate surface area is 121 Å². The summed E-state index contributed by atoms with van der Waals surface area (Å²) in [6.45, 7) is 4.90. The van der Waals surface area contributed by atoms with E-state index in [0.717, 1.165) is 12.5 Å². The summed E-state index contributed by atoms with van der Waals surface area (Å²) < 4.78 is 2.40. The van der Waals surface area contributed by atoms with Crippen molar-refractivity contribution >= 4 is 10.9 Å². The van der Waals surface area contributed by atoms with Gasteiger partial charge < -0.3 is 9.67 Å². The van der Waals surface area contributed by atoms with E-state index in [9.17, 15) is 5.11 Å². The average molecular weight is 271 g/mol. The van der Waals surface area contributed by atoms with Crippen LogP contribution >= 0.6 is 0 Å². The van der Waals surface area contributed by atoms with E-state index >= 15 is 0 Å². The predicted octanol–water partition coefficient (Wildman–Crippen LogP) is 4.14. The maximum atomic E-state index is 10.1. The summed E-state index contributed by atoms with van der Waals surface area (Å²) in [4.78, 5) is 0. The van der Waals surface area contributed by atoms with Crippen LogP contribution in [0.2, 0.25) is 0 Å². The first-order valence-electron chi connectivity index (χ1n) is 7.82. The molecule has 0 unspecified atom stereocenters. The van der Waals surface area contributed by atoms with Crippen LogP contribution in [0.5, 0.6) is 0 Å². The first kappa shape index (κ1) is 13.7. The molecule has 2 nitrogen and oxygen atoms in total. The molecule has 20 heavy (non-hydrogen) atoms. The number of aromatic nitrogens is 1. The van der Waals surface area contributed by atoms with E-state index in [0.29, 0.717) is 6.42 Å². The van der Waals surface area contributed by atoms with Gasteiger partial charge in [-0.15, -0.1) is 0 Å². The number of fused-ring (bicyclic) bond motifs is 1. The average Bonchev–Trinajstić information content (AvgIpc) is 2.99. The molecule has 1 aromatic heterocycles. The normalized spacial score (nSPS) is 17.1. The zero-order valence-electron chi connectivity index (χ0n) is 12.6. The van der Waals surface area contributed by atoms with E-state index in [1.807, 2.05) is 13.8 Å². The van der Waals surface area contributed by atoms with E-state index in [1.54, 1.807) is 0 Å². The Morgan fingerprint density at radius 3 is 2.65 bits per heavy atom. The third-order valence-electron chi connectivity index (χ3n) is 4.46. The van der Waals surface area contributed by atoms with Gasteiger partial charge in [-0.2, -0.15) is 0 Å². The highest BCUT2D eigenvalue weighted by Gasteiger charge is 2.18. The number of hydrogen-bond donors (Lipinski definition) is 1. The second kappa shape index (κ2) is 5.25. The summed E-state index contributed by atoms with van der Waals surface area (Å²) in [6.07, 6.45) is 8.47. The number of nitrogens with zero attached hydrogens (tertiary/aromatic N) is 1. The van der Waals surface area contributed by atoms with Crippen molar-refractivity contribution in [3.8, 4) is 0 Å². The van der Waals surface area contributed by atoms with Gasteiger partial charge in [-0.25, -0.2) is 0 Å². The fraction of sp³-hybridized carbons (Fsp3) is 0.556. The van der Waals surface area contributed by atoms with E-state index in [4.69, 9.17) is 0 Å². The Morgan fingerprint density at radius 1 is 1.20 bits per heavy atom. The highest BCUT2D eigenvalue weighted by Crippen LogP contribution is 2.29. The fourth-order valence-corrected chi connectivity index (χ4v) is 3.54. The lowest BCUT2D eigenvalue weighted by molar-refractivity contribution is 0.0813. The minimum atomic E-state index is -0.651. The molecule has 1 N–H and O–H groups in total. The van der Waals surface area contributed by atoms with Gasteiger partial charge in [0.25, 0.3) is 0 Å². The summed E-state index contributed by atoms with van der Waals surface area (Å²) >= 11 is 0. The lowest BCUT2D eigenvalue weighted by atomic mass is 9.96. The molecule has 108 valence electrons. The molecule has 2 aromatic rings. The summed E-state index contributed by atoms with van der Waals surface area (Å²) in [5, 5.41) is 11.4. The van der Waals surface area contributed by atoms with Crippen LogP contribution in [0.1, 0.15) is 45.1 Å². The lowest BCUT2D eigenvalue weighted by Gasteiger charge is -2.18. The van der Waals surface area contributed by atoms with Crippen LogP contribution < -0.4 is 0 Å². The molecule has 0 spiro atoms. The van der Waals surface area contributed by atoms with Crippen LogP contribution in [0.15, 0.2) is 30.5 Å². The van der Waals surface area contributed by atoms with E-state index in [1.165, 1.54) is 42.1 Å². The Hall–Kier alpha value is -1.28. The zero-order chi connectivity index (χ0) is 14.2. The maximum absolute atomic E-state index is 10.1. The highest BCUT2D eigenvalue weighted by atomic mass is 16.3. The van der Waals surface area contributed by atoms with Crippen molar-refractivity contribution in [2.75, 3.05) is 0 Å². The Balaban J connectivity index is 1.90. The molecule has 0 amide bonds. The molecular formula is C18H25NO. The van der Waals surface area contributed by atoms with Crippen LogP contribution in [0.3, 0.4) is 0 Å². The minimum absolute atomic E-state index is 0.651. The molecule has 1 aliphatic rings. The van der Waals surface area contributed by atoms with Crippen LogP contribution in [0.25, 0.3) is 10.9 Å². The van der Waals surface area contributed by atoms with E-state index < -0.39 is 5.60 Å². The number of rotatable bonds is 4. The molecule has 1 aliphatic carbocycles. The van der Waals surface area contributed by atoms with Gasteiger partial charge in [0.2, 0.25) is 0 Å². The molecule has 0 radical (unpaired) electrons. The molecule has 0 saturated heterocycles. The van der Waals surface area contributed by atoms with Crippen LogP contribution in [-0.2, 0) is 13.0 Å². The summed E-state index contributed by atoms with van der Waals surface area (Å²) in [7, 11) is 0. The van der Waals surface area contributed by atoms with Gasteiger partial charge in [-0.05, 0) is 50.3 Å². The molecule has 0 atom stereocenters. The number of aliphatic hydroxyl groups is 1. The molecule has 1 heterocycles. The molecule has 0 aliphatic heterocycles. The van der Waals surface area contributed by atoms with Gasteiger partial charge in [0.05, 0.1) is 5.60 Å². The third-order valence-corrected chi connectivity index (χ3v) is 4.46. The SMILES string of the molecule is CC(C)(O)Cc1cccc2c1ccn2CC1CCCC1. The quantitative estimate of drug-likeness (QED) is 0.888. The number of hydrogen-bond acceptors (Lipinski definition) is 1. The molecule has 0 bridgehead atoms. The predicted molar refractivity (Wildman–Crippen MR) is 83.9 cm³/mol. The molecular weight excluding hydrogens is 246 g/mol. The van der Waals surface area contributed by atoms with Crippen molar-refractivity contribution in [3.05, 3.63) is 36.0 Å². The topological polar surface area (TPSA) is 25.2 Å². The van der Waals surface area contributed by atoms with Crippen molar-refractivity contribution in [3.63, 3.8) is 0 Å². The van der Waals surface area contributed by atoms with Crippen molar-refractivity contribution in [1.82, 2.24) is 4.57 Å². The van der Waals surface area contributed by atoms with Crippen molar-refractivity contribution < 1.29 is 5.11 Å². The molecule has 3 rings (SSSR count). The first-order valence-corrected chi connectivity index (χ1v) is 7.82. The zero-order valence-corrected chi connectivity index (χ0v) is 12.6. The van der Waals surface area contributed by atoms with Crippen molar-refractivity contribution in [1.29, 1.82) is 0 Å². The Bertz CT molecular complexity index is 585. The second-order valence-electron chi connectivity index (χ2n) is 6.96. The smallest absolute Gasteiger partial charge is 0.0632 e. The summed E-state index contributed by atoms with van der Waals surface area (Å²) in [5.41, 5.74) is 1.92. The van der Waals surface area contributed by atoms with Gasteiger partial charge in [0.15, 0.2) is 0 Å². The minimum Gasteiger partial charge on any atom is -0.390 e. The van der Waals surface area contributed by atoms with Gasteiger partial charge >= 0.3 is 0 Å². The second-order valence-corrected chi connectivity index (χ2v) is 6.96. The van der Waals surface area contributed by atoms with Gasteiger partial charge in [-0.3, -0.25) is 0 Å². The van der Waals surface area contributed by atoms with Gasteiger partial charge in [-0.1, -0.05) is 25.0 Å². The molecule has 2 heteroatoms. The largest absolute Gasteiger partial charge is 0.390 e. The maximum Gasteiger partial charge on any atom is 0.0632 e. The lowest BCUT2D eigenvalue weighted by Crippen LogP contribution is -2.21. The van der Waals surface area contributed by atoms with Gasteiger partial charge in [0.1, 0.15) is 0 Å². The summed E-state index contributed by atoms with van der Waals surface area (Å²) in [6, 6.07) is 8.68. The summed E-state index contributed by atoms with van der Waals surface area (Å²) in [5.74, 6) is 0.850. The van der Waals surface area contributed by atoms with Gasteiger partial charge in [0, 0.05) is 30.1 Å². The number of benzene rings is 1. The molecule has 1 fully saturated rings. The standard InChI is InChI=1S/C18H25NO/c1-18(2,20)12-15-8-5-9-17-16(15)10-11-19(17)13-14-6-3-4-7-14/h5,8-11,14,20H,3-4,6-7,12-13H2,1-2H3. The van der Waals surface area contributed by atoms with E-state index in [2.05, 4.69) is 35.0 Å². The first-order chi connectivity index (χ1) is 9.53. The van der Waals surface area contributed by atoms with Crippen LogP contribution in [-0.4, -0.2) is 15.3 Å². The Kier molecular flexibility index (Phi) is 3.59. The van der Waals surface area contributed by atoms with E-state index in [-0.39, 0.29) is 0 Å². The van der Waals surface area contributed by atoms with Crippen molar-refractivity contribution in [2.45, 2.75) is 58.1 Å². The van der Waals surface area contributed by atoms with Crippen molar-refractivity contribution in [2.24, 2.45) is 5.92 Å². The fourth-order valence-electron chi connectivity index (χ4n) is 3.54. The molecule has 1 aromatic carbocycles. The monoisotopic (exact) mass is 271 g/mol. The highest BCUT2D eigenvalue weighted by molar-refractivity contribution is 5.83. The Morgan fingerprint density at radius 2 is 1.95 bits per heavy atom.